The monoisotopic (exact) mass is 436 g/mol. The molecule has 2 aromatic carbocycles. The van der Waals surface area contributed by atoms with Crippen molar-refractivity contribution in [2.45, 2.75) is 13.0 Å². The minimum absolute atomic E-state index is 0.120. The maximum atomic E-state index is 10.9. The Morgan fingerprint density at radius 3 is 2.54 bits per heavy atom. The smallest absolute Gasteiger partial charge is 0.258 e. The van der Waals surface area contributed by atoms with Gasteiger partial charge < -0.3 is 0 Å². The third-order valence-electron chi connectivity index (χ3n) is 2.96. The average Bonchev–Trinajstić information content (AvgIpc) is 2.94. The van der Waals surface area contributed by atoms with Crippen LogP contribution in [-0.4, -0.2) is 9.91 Å². The number of nitro benzene ring substituents is 1. The molecule has 0 saturated heterocycles. The maximum absolute atomic E-state index is 10.9. The number of thiazole rings is 1. The number of benzene rings is 2. The van der Waals surface area contributed by atoms with E-state index in [2.05, 4.69) is 4.98 Å². The summed E-state index contributed by atoms with van der Waals surface area (Å²) >= 11 is 19.4. The molecular weight excluding hydrogens is 431 g/mol. The Bertz CT molecular complexity index is 879. The molecule has 0 N–H and O–H groups in total. The van der Waals surface area contributed by atoms with E-state index in [0.29, 0.717) is 4.90 Å². The molecule has 0 bridgehead atoms. The summed E-state index contributed by atoms with van der Waals surface area (Å²) in [4.78, 5) is 15.6. The van der Waals surface area contributed by atoms with E-state index in [1.807, 2.05) is 24.3 Å². The quantitative estimate of drug-likeness (QED) is 0.194. The lowest BCUT2D eigenvalue weighted by atomic mass is 10.2. The molecule has 3 aromatic rings. The molecule has 0 radical (unpaired) electrons. The van der Waals surface area contributed by atoms with E-state index in [1.165, 1.54) is 33.7 Å². The predicted octanol–water partition coefficient (Wildman–Crippen LogP) is 6.83. The van der Waals surface area contributed by atoms with Crippen LogP contribution in [0.4, 0.5) is 5.69 Å². The Morgan fingerprint density at radius 1 is 1.12 bits per heavy atom. The zero-order chi connectivity index (χ0) is 17.3. The Balaban J connectivity index is 1.87. The van der Waals surface area contributed by atoms with Gasteiger partial charge in [0.25, 0.3) is 5.69 Å². The Kier molecular flexibility index (Phi) is 5.48. The molecule has 0 aliphatic carbocycles. The topological polar surface area (TPSA) is 56.0 Å². The summed E-state index contributed by atoms with van der Waals surface area (Å²) < 4.78 is 0.198. The molecule has 124 valence electrons. The number of aromatic nitrogens is 1. The lowest BCUT2D eigenvalue weighted by Gasteiger charge is -2.15. The summed E-state index contributed by atoms with van der Waals surface area (Å²) in [5, 5.41) is 10.9. The van der Waals surface area contributed by atoms with Gasteiger partial charge in [0.15, 0.2) is 4.34 Å². The number of nitro groups is 1. The highest BCUT2D eigenvalue weighted by molar-refractivity contribution is 8.77. The Hall–Kier alpha value is -0.700. The zero-order valence-corrected chi connectivity index (χ0v) is 16.3. The van der Waals surface area contributed by atoms with E-state index in [1.54, 1.807) is 17.4 Å². The van der Waals surface area contributed by atoms with Crippen LogP contribution >= 0.6 is 67.7 Å². The average molecular weight is 438 g/mol. The van der Waals surface area contributed by atoms with E-state index >= 15 is 0 Å². The van der Waals surface area contributed by atoms with Gasteiger partial charge in [-0.3, -0.25) is 10.1 Å². The first-order valence-electron chi connectivity index (χ1n) is 6.40. The first-order chi connectivity index (χ1) is 11.3. The number of hydrogen-bond donors (Lipinski definition) is 0. The SMILES string of the molecule is O=[N+]([O-])c1ccc(SSc2nc3ccccc3s2)c(C(Cl)(Cl)Cl)c1. The molecule has 0 fully saturated rings. The minimum atomic E-state index is -1.75. The molecule has 10 heteroatoms. The van der Waals surface area contributed by atoms with Gasteiger partial charge in [0, 0.05) is 22.6 Å². The molecule has 4 nitrogen and oxygen atoms in total. The number of halogens is 3. The minimum Gasteiger partial charge on any atom is -0.258 e. The van der Waals surface area contributed by atoms with Crippen molar-refractivity contribution in [2.75, 3.05) is 0 Å². The molecule has 0 aliphatic rings. The number of non-ortho nitro benzene ring substituents is 1. The summed E-state index contributed by atoms with van der Waals surface area (Å²) in [6.45, 7) is 0. The molecule has 0 aliphatic heterocycles. The van der Waals surface area contributed by atoms with Gasteiger partial charge in [-0.2, -0.15) is 0 Å². The van der Waals surface area contributed by atoms with Crippen molar-refractivity contribution in [3.63, 3.8) is 0 Å². The second kappa shape index (κ2) is 7.27. The standard InChI is InChI=1S/C14H7Cl3N2O2S3/c15-14(16,17)9-7-8(19(20)21)5-6-11(9)23-24-13-18-10-3-1-2-4-12(10)22-13/h1-7H. The molecule has 1 heterocycles. The summed E-state index contributed by atoms with van der Waals surface area (Å²) in [6.07, 6.45) is 0. The van der Waals surface area contributed by atoms with Gasteiger partial charge in [-0.15, -0.1) is 11.3 Å². The van der Waals surface area contributed by atoms with E-state index < -0.39 is 8.72 Å². The van der Waals surface area contributed by atoms with Crippen LogP contribution in [-0.2, 0) is 3.79 Å². The van der Waals surface area contributed by atoms with Crippen LogP contribution in [0.2, 0.25) is 0 Å². The van der Waals surface area contributed by atoms with Gasteiger partial charge in [-0.05, 0) is 39.8 Å². The predicted molar refractivity (Wildman–Crippen MR) is 104 cm³/mol. The molecule has 0 unspecified atom stereocenters. The number of para-hydroxylation sites is 1. The van der Waals surface area contributed by atoms with E-state index in [0.717, 1.165) is 14.6 Å². The van der Waals surface area contributed by atoms with Crippen LogP contribution in [0, 0.1) is 10.1 Å². The molecule has 0 saturated carbocycles. The fraction of sp³-hybridized carbons (Fsp3) is 0.0714. The van der Waals surface area contributed by atoms with Crippen molar-refractivity contribution in [3.05, 3.63) is 58.1 Å². The summed E-state index contributed by atoms with van der Waals surface area (Å²) in [6, 6.07) is 12.1. The highest BCUT2D eigenvalue weighted by atomic mass is 35.6. The van der Waals surface area contributed by atoms with Crippen molar-refractivity contribution in [2.24, 2.45) is 0 Å². The van der Waals surface area contributed by atoms with Crippen molar-refractivity contribution >= 4 is 83.6 Å². The van der Waals surface area contributed by atoms with Crippen molar-refractivity contribution in [1.29, 1.82) is 0 Å². The van der Waals surface area contributed by atoms with Crippen LogP contribution in [0.1, 0.15) is 5.56 Å². The second-order valence-corrected chi connectivity index (χ2v) is 10.3. The number of rotatable bonds is 4. The highest BCUT2D eigenvalue weighted by Crippen LogP contribution is 2.49. The van der Waals surface area contributed by atoms with Gasteiger partial charge in [0.05, 0.1) is 15.1 Å². The van der Waals surface area contributed by atoms with E-state index in [4.69, 9.17) is 34.8 Å². The van der Waals surface area contributed by atoms with Crippen molar-refractivity contribution < 1.29 is 4.92 Å². The number of alkyl halides is 3. The number of hydrogen-bond acceptors (Lipinski definition) is 6. The molecule has 0 spiro atoms. The van der Waals surface area contributed by atoms with Crippen LogP contribution in [0.25, 0.3) is 10.2 Å². The molecule has 1 aromatic heterocycles. The number of nitrogens with zero attached hydrogens (tertiary/aromatic N) is 2. The van der Waals surface area contributed by atoms with Crippen LogP contribution < -0.4 is 0 Å². The number of fused-ring (bicyclic) bond motifs is 1. The lowest BCUT2D eigenvalue weighted by Crippen LogP contribution is -2.03. The second-order valence-electron chi connectivity index (χ2n) is 4.55. The third-order valence-corrected chi connectivity index (χ3v) is 7.33. The van der Waals surface area contributed by atoms with Gasteiger partial charge in [0.1, 0.15) is 0 Å². The summed E-state index contributed by atoms with van der Waals surface area (Å²) in [7, 11) is 2.77. The van der Waals surface area contributed by atoms with Gasteiger partial charge in [0.2, 0.25) is 3.79 Å². The molecule has 0 atom stereocenters. The third kappa shape index (κ3) is 4.09. The first-order valence-corrected chi connectivity index (χ1v) is 10.5. The molecule has 0 amide bonds. The van der Waals surface area contributed by atoms with Crippen molar-refractivity contribution in [1.82, 2.24) is 4.98 Å². The lowest BCUT2D eigenvalue weighted by molar-refractivity contribution is -0.385. The largest absolute Gasteiger partial charge is 0.269 e. The molecular formula is C14H7Cl3N2O2S3. The summed E-state index contributed by atoms with van der Waals surface area (Å²) in [5.41, 5.74) is 1.09. The fourth-order valence-corrected chi connectivity index (χ4v) is 6.00. The Morgan fingerprint density at radius 2 is 1.88 bits per heavy atom. The van der Waals surface area contributed by atoms with Crippen LogP contribution in [0.15, 0.2) is 51.7 Å². The highest BCUT2D eigenvalue weighted by Gasteiger charge is 2.29. The van der Waals surface area contributed by atoms with Gasteiger partial charge in [-0.25, -0.2) is 4.98 Å². The molecule has 3 rings (SSSR count). The van der Waals surface area contributed by atoms with Crippen LogP contribution in [0.5, 0.6) is 0 Å². The van der Waals surface area contributed by atoms with Gasteiger partial charge >= 0.3 is 0 Å². The molecule has 24 heavy (non-hydrogen) atoms. The van der Waals surface area contributed by atoms with E-state index in [-0.39, 0.29) is 11.3 Å². The Labute approximate surface area is 164 Å². The van der Waals surface area contributed by atoms with E-state index in [9.17, 15) is 10.1 Å². The normalized spacial score (nSPS) is 11.8. The maximum Gasteiger partial charge on any atom is 0.269 e. The van der Waals surface area contributed by atoms with Crippen molar-refractivity contribution in [3.8, 4) is 0 Å². The first kappa shape index (κ1) is 18.1. The van der Waals surface area contributed by atoms with Gasteiger partial charge in [-0.1, -0.05) is 46.9 Å². The summed E-state index contributed by atoms with van der Waals surface area (Å²) in [5.74, 6) is 0. The zero-order valence-electron chi connectivity index (χ0n) is 11.6. The van der Waals surface area contributed by atoms with Crippen LogP contribution in [0.3, 0.4) is 0 Å². The fourth-order valence-electron chi connectivity index (χ4n) is 1.89.